The lowest BCUT2D eigenvalue weighted by Gasteiger charge is -2.11. The number of nitrogens with zero attached hydrogens (tertiary/aromatic N) is 1. The van der Waals surface area contributed by atoms with Crippen LogP contribution in [0.2, 0.25) is 5.02 Å². The van der Waals surface area contributed by atoms with Crippen LogP contribution in [0.5, 0.6) is 0 Å². The summed E-state index contributed by atoms with van der Waals surface area (Å²) >= 11 is 5.83. The third kappa shape index (κ3) is 3.42. The topological polar surface area (TPSA) is 69.4 Å². The smallest absolute Gasteiger partial charge is 0.334 e. The molecule has 0 aromatic heterocycles. The van der Waals surface area contributed by atoms with Gasteiger partial charge >= 0.3 is 5.97 Å². The van der Waals surface area contributed by atoms with E-state index >= 15 is 0 Å². The van der Waals surface area contributed by atoms with E-state index in [0.29, 0.717) is 17.7 Å². The SMILES string of the molecule is CCOC(=O)/C(C)=C(/c1ccc(Cl)c([N+](=O)[O-])c1)C1CC1. The summed E-state index contributed by atoms with van der Waals surface area (Å²) in [6.07, 6.45) is 1.95. The maximum atomic E-state index is 11.9. The van der Waals surface area contributed by atoms with Crippen molar-refractivity contribution >= 4 is 28.8 Å². The zero-order valence-electron chi connectivity index (χ0n) is 11.9. The van der Waals surface area contributed by atoms with Crippen molar-refractivity contribution in [2.24, 2.45) is 5.92 Å². The van der Waals surface area contributed by atoms with Gasteiger partial charge in [-0.1, -0.05) is 17.7 Å². The Bertz CT molecular complexity index is 620. The van der Waals surface area contributed by atoms with Gasteiger partial charge in [0.25, 0.3) is 5.69 Å². The molecule has 6 heteroatoms. The average molecular weight is 310 g/mol. The number of esters is 1. The molecule has 0 spiro atoms. The van der Waals surface area contributed by atoms with Crippen molar-refractivity contribution in [3.63, 3.8) is 0 Å². The van der Waals surface area contributed by atoms with Gasteiger partial charge in [-0.3, -0.25) is 10.1 Å². The highest BCUT2D eigenvalue weighted by molar-refractivity contribution is 6.32. The van der Waals surface area contributed by atoms with E-state index in [1.165, 1.54) is 12.1 Å². The molecule has 0 saturated heterocycles. The predicted octanol–water partition coefficient (Wildman–Crippen LogP) is 3.99. The number of allylic oxidation sites excluding steroid dienone is 1. The summed E-state index contributed by atoms with van der Waals surface area (Å²) in [5, 5.41) is 11.1. The lowest BCUT2D eigenvalue weighted by atomic mass is 9.96. The minimum Gasteiger partial charge on any atom is -0.463 e. The summed E-state index contributed by atoms with van der Waals surface area (Å²) in [6.45, 7) is 3.75. The fourth-order valence-electron chi connectivity index (χ4n) is 2.30. The molecule has 0 radical (unpaired) electrons. The van der Waals surface area contributed by atoms with Crippen molar-refractivity contribution in [3.8, 4) is 0 Å². The third-order valence-corrected chi connectivity index (χ3v) is 3.74. The molecule has 1 aliphatic carbocycles. The Balaban J connectivity index is 2.49. The van der Waals surface area contributed by atoms with E-state index in [2.05, 4.69) is 0 Å². The van der Waals surface area contributed by atoms with Crippen LogP contribution in [0.3, 0.4) is 0 Å². The van der Waals surface area contributed by atoms with E-state index in [4.69, 9.17) is 16.3 Å². The van der Waals surface area contributed by atoms with Crippen LogP contribution in [0.1, 0.15) is 32.3 Å². The van der Waals surface area contributed by atoms with Crippen LogP contribution < -0.4 is 0 Å². The second-order valence-corrected chi connectivity index (χ2v) is 5.36. The zero-order chi connectivity index (χ0) is 15.6. The Kier molecular flexibility index (Phi) is 4.63. The zero-order valence-corrected chi connectivity index (χ0v) is 12.6. The number of benzene rings is 1. The molecule has 112 valence electrons. The lowest BCUT2D eigenvalue weighted by molar-refractivity contribution is -0.384. The van der Waals surface area contributed by atoms with Gasteiger partial charge in [0.15, 0.2) is 0 Å². The molecule has 0 aliphatic heterocycles. The quantitative estimate of drug-likeness (QED) is 0.357. The highest BCUT2D eigenvalue weighted by Crippen LogP contribution is 2.45. The largest absolute Gasteiger partial charge is 0.463 e. The standard InChI is InChI=1S/C15H16ClNO4/c1-3-21-15(18)9(2)14(10-4-5-10)11-6-7-12(16)13(8-11)17(19)20/h6-8,10H,3-5H2,1-2H3/b14-9+. The van der Waals surface area contributed by atoms with E-state index < -0.39 is 4.92 Å². The normalized spacial score (nSPS) is 15.4. The number of carbonyl (C=O) groups is 1. The van der Waals surface area contributed by atoms with Gasteiger partial charge < -0.3 is 4.74 Å². The summed E-state index contributed by atoms with van der Waals surface area (Å²) in [5.74, 6) is -0.118. The van der Waals surface area contributed by atoms with Crippen LogP contribution in [0.15, 0.2) is 23.8 Å². The molecule has 0 N–H and O–H groups in total. The molecule has 1 saturated carbocycles. The lowest BCUT2D eigenvalue weighted by Crippen LogP contribution is -2.08. The second-order valence-electron chi connectivity index (χ2n) is 4.96. The number of hydrogen-bond donors (Lipinski definition) is 0. The molecule has 1 fully saturated rings. The van der Waals surface area contributed by atoms with Gasteiger partial charge in [0, 0.05) is 11.6 Å². The van der Waals surface area contributed by atoms with Gasteiger partial charge in [0.1, 0.15) is 5.02 Å². The van der Waals surface area contributed by atoms with Crippen molar-refractivity contribution in [3.05, 3.63) is 44.5 Å². The number of ether oxygens (including phenoxy) is 1. The summed E-state index contributed by atoms with van der Waals surface area (Å²) in [5.41, 5.74) is 1.85. The van der Waals surface area contributed by atoms with E-state index in [1.807, 2.05) is 0 Å². The number of hydrogen-bond acceptors (Lipinski definition) is 4. The number of nitro groups is 1. The fraction of sp³-hybridized carbons (Fsp3) is 0.400. The minimum atomic E-state index is -0.518. The molecule has 1 aliphatic rings. The molecule has 0 heterocycles. The maximum absolute atomic E-state index is 11.9. The van der Waals surface area contributed by atoms with Gasteiger partial charge in [-0.15, -0.1) is 0 Å². The number of nitro benzene ring substituents is 1. The Hall–Kier alpha value is -1.88. The second kappa shape index (κ2) is 6.26. The Morgan fingerprint density at radius 3 is 2.67 bits per heavy atom. The minimum absolute atomic E-state index is 0.0904. The number of halogens is 1. The highest BCUT2D eigenvalue weighted by atomic mass is 35.5. The van der Waals surface area contributed by atoms with Crippen LogP contribution in [0.25, 0.3) is 5.57 Å². The Morgan fingerprint density at radius 1 is 1.48 bits per heavy atom. The number of rotatable bonds is 5. The average Bonchev–Trinajstić information content (AvgIpc) is 3.25. The Labute approximate surface area is 127 Å². The van der Waals surface area contributed by atoms with Crippen molar-refractivity contribution in [1.82, 2.24) is 0 Å². The van der Waals surface area contributed by atoms with Crippen LogP contribution in [-0.4, -0.2) is 17.5 Å². The molecular weight excluding hydrogens is 294 g/mol. The first-order chi connectivity index (χ1) is 9.95. The molecular formula is C15H16ClNO4. The Morgan fingerprint density at radius 2 is 2.14 bits per heavy atom. The van der Waals surface area contributed by atoms with Gasteiger partial charge in [-0.25, -0.2) is 4.79 Å². The molecule has 1 aromatic carbocycles. The van der Waals surface area contributed by atoms with Crippen molar-refractivity contribution in [1.29, 1.82) is 0 Å². The first-order valence-electron chi connectivity index (χ1n) is 6.77. The van der Waals surface area contributed by atoms with Gasteiger partial charge in [-0.2, -0.15) is 0 Å². The molecule has 21 heavy (non-hydrogen) atoms. The summed E-state index contributed by atoms with van der Waals surface area (Å²) < 4.78 is 5.03. The van der Waals surface area contributed by atoms with Crippen molar-refractivity contribution < 1.29 is 14.5 Å². The van der Waals surface area contributed by atoms with Crippen LogP contribution in [0, 0.1) is 16.0 Å². The fourth-order valence-corrected chi connectivity index (χ4v) is 2.49. The summed E-state index contributed by atoms with van der Waals surface area (Å²) in [7, 11) is 0. The van der Waals surface area contributed by atoms with Crippen LogP contribution in [-0.2, 0) is 9.53 Å². The molecule has 5 nitrogen and oxygen atoms in total. The molecule has 2 rings (SSSR count). The number of carbonyl (C=O) groups excluding carboxylic acids is 1. The molecule has 0 amide bonds. The summed E-state index contributed by atoms with van der Waals surface area (Å²) in [6, 6.07) is 4.64. The van der Waals surface area contributed by atoms with Crippen molar-refractivity contribution in [2.75, 3.05) is 6.61 Å². The van der Waals surface area contributed by atoms with E-state index in [1.54, 1.807) is 19.9 Å². The third-order valence-electron chi connectivity index (χ3n) is 3.43. The van der Waals surface area contributed by atoms with E-state index in [9.17, 15) is 14.9 Å². The van der Waals surface area contributed by atoms with Crippen LogP contribution in [0.4, 0.5) is 5.69 Å². The maximum Gasteiger partial charge on any atom is 0.334 e. The first-order valence-corrected chi connectivity index (χ1v) is 7.15. The summed E-state index contributed by atoms with van der Waals surface area (Å²) in [4.78, 5) is 22.4. The van der Waals surface area contributed by atoms with Crippen molar-refractivity contribution in [2.45, 2.75) is 26.7 Å². The monoisotopic (exact) mass is 309 g/mol. The molecule has 0 atom stereocenters. The molecule has 0 bridgehead atoms. The van der Waals surface area contributed by atoms with E-state index in [0.717, 1.165) is 18.4 Å². The molecule has 1 aromatic rings. The highest BCUT2D eigenvalue weighted by Gasteiger charge is 2.31. The van der Waals surface area contributed by atoms with Gasteiger partial charge in [0.05, 0.1) is 11.5 Å². The first kappa shape index (κ1) is 15.5. The van der Waals surface area contributed by atoms with E-state index in [-0.39, 0.29) is 22.6 Å². The van der Waals surface area contributed by atoms with Gasteiger partial charge in [-0.05, 0) is 49.8 Å². The van der Waals surface area contributed by atoms with Gasteiger partial charge in [0.2, 0.25) is 0 Å². The van der Waals surface area contributed by atoms with Crippen LogP contribution >= 0.6 is 11.6 Å². The molecule has 0 unspecified atom stereocenters. The predicted molar refractivity (Wildman–Crippen MR) is 80.1 cm³/mol.